The van der Waals surface area contributed by atoms with Gasteiger partial charge in [0.1, 0.15) is 12.0 Å². The Bertz CT molecular complexity index is 451. The molecule has 0 N–H and O–H groups in total. The molecule has 1 atom stereocenters. The summed E-state index contributed by atoms with van der Waals surface area (Å²) in [7, 11) is 1.63. The molecule has 3 nitrogen and oxygen atoms in total. The van der Waals surface area contributed by atoms with Crippen molar-refractivity contribution in [2.45, 2.75) is 31.1 Å². The Morgan fingerprint density at radius 1 is 1.35 bits per heavy atom. The molecule has 0 bridgehead atoms. The lowest BCUT2D eigenvalue weighted by atomic mass is 10.00. The van der Waals surface area contributed by atoms with Crippen LogP contribution in [0.3, 0.4) is 0 Å². The maximum atomic E-state index is 11.8. The van der Waals surface area contributed by atoms with E-state index < -0.39 is 0 Å². The molecule has 0 spiro atoms. The first-order chi connectivity index (χ1) is 9.67. The second-order valence-corrected chi connectivity index (χ2v) is 5.48. The topological polar surface area (TPSA) is 43.4 Å². The Morgan fingerprint density at radius 3 is 2.65 bits per heavy atom. The second kappa shape index (κ2) is 9.37. The van der Waals surface area contributed by atoms with E-state index in [0.29, 0.717) is 6.42 Å². The molecule has 0 aromatic heterocycles. The van der Waals surface area contributed by atoms with Crippen molar-refractivity contribution in [1.82, 2.24) is 0 Å². The highest BCUT2D eigenvalue weighted by Gasteiger charge is 2.08. The summed E-state index contributed by atoms with van der Waals surface area (Å²) in [5, 5.41) is 1.81. The predicted molar refractivity (Wildman–Crippen MR) is 82.1 cm³/mol. The highest BCUT2D eigenvalue weighted by Crippen LogP contribution is 2.22. The Labute approximate surface area is 124 Å². The van der Waals surface area contributed by atoms with Crippen molar-refractivity contribution >= 4 is 23.8 Å². The molecule has 0 heterocycles. The molecular formula is C16H20O3S. The van der Waals surface area contributed by atoms with E-state index in [1.54, 1.807) is 18.6 Å². The van der Waals surface area contributed by atoms with Crippen LogP contribution in [-0.4, -0.2) is 19.2 Å². The van der Waals surface area contributed by atoms with Crippen LogP contribution in [0.5, 0.6) is 5.75 Å². The van der Waals surface area contributed by atoms with E-state index >= 15 is 0 Å². The van der Waals surface area contributed by atoms with Crippen molar-refractivity contribution in [3.05, 3.63) is 35.7 Å². The van der Waals surface area contributed by atoms with Crippen LogP contribution in [-0.2, 0) is 9.59 Å². The van der Waals surface area contributed by atoms with Crippen LogP contribution < -0.4 is 4.74 Å². The maximum absolute atomic E-state index is 11.8. The highest BCUT2D eigenvalue weighted by molar-refractivity contribution is 8.02. The lowest BCUT2D eigenvalue weighted by Crippen LogP contribution is -2.07. The van der Waals surface area contributed by atoms with Crippen molar-refractivity contribution in [3.63, 3.8) is 0 Å². The van der Waals surface area contributed by atoms with Crippen molar-refractivity contribution in [2.24, 2.45) is 5.92 Å². The van der Waals surface area contributed by atoms with E-state index in [9.17, 15) is 9.59 Å². The van der Waals surface area contributed by atoms with Gasteiger partial charge in [0.25, 0.3) is 0 Å². The standard InChI is InChI=1S/C16H20O3S/c1-13(5-3-4-11-17)16(18)10-12-20-15-8-6-14(19-2)7-9-15/h6-13H,3-5H2,1-2H3/b12-10+. The largest absolute Gasteiger partial charge is 0.497 e. The number of thioether (sulfide) groups is 1. The zero-order valence-electron chi connectivity index (χ0n) is 11.9. The molecule has 1 unspecified atom stereocenters. The number of hydrogen-bond acceptors (Lipinski definition) is 4. The van der Waals surface area contributed by atoms with Crippen LogP contribution in [0.15, 0.2) is 40.6 Å². The van der Waals surface area contributed by atoms with Crippen LogP contribution in [0, 0.1) is 5.92 Å². The quantitative estimate of drug-likeness (QED) is 0.300. The summed E-state index contributed by atoms with van der Waals surface area (Å²) in [6, 6.07) is 7.68. The van der Waals surface area contributed by atoms with Crippen molar-refractivity contribution < 1.29 is 14.3 Å². The average Bonchev–Trinajstić information content (AvgIpc) is 2.48. The van der Waals surface area contributed by atoms with Gasteiger partial charge in [-0.1, -0.05) is 18.7 Å². The van der Waals surface area contributed by atoms with Gasteiger partial charge in [0.2, 0.25) is 0 Å². The van der Waals surface area contributed by atoms with Crippen LogP contribution in [0.4, 0.5) is 0 Å². The molecule has 1 aromatic carbocycles. The molecule has 0 saturated carbocycles. The van der Waals surface area contributed by atoms with E-state index in [1.807, 2.05) is 31.2 Å². The minimum Gasteiger partial charge on any atom is -0.497 e. The number of unbranched alkanes of at least 4 members (excludes halogenated alkanes) is 1. The third kappa shape index (κ3) is 6.06. The van der Waals surface area contributed by atoms with Crippen LogP contribution >= 0.6 is 11.8 Å². The summed E-state index contributed by atoms with van der Waals surface area (Å²) in [6.45, 7) is 1.90. The van der Waals surface area contributed by atoms with Gasteiger partial charge >= 0.3 is 0 Å². The number of carbonyl (C=O) groups is 2. The lowest BCUT2D eigenvalue weighted by molar-refractivity contribution is -0.118. The molecule has 108 valence electrons. The van der Waals surface area contributed by atoms with Crippen molar-refractivity contribution in [1.29, 1.82) is 0 Å². The van der Waals surface area contributed by atoms with E-state index in [1.165, 1.54) is 11.8 Å². The van der Waals surface area contributed by atoms with Gasteiger partial charge in [0, 0.05) is 17.2 Å². The molecule has 0 aliphatic rings. The van der Waals surface area contributed by atoms with Gasteiger partial charge < -0.3 is 9.53 Å². The van der Waals surface area contributed by atoms with Gasteiger partial charge in [0.15, 0.2) is 5.78 Å². The number of hydrogen-bond donors (Lipinski definition) is 0. The normalized spacial score (nSPS) is 12.3. The zero-order chi connectivity index (χ0) is 14.8. The summed E-state index contributed by atoms with van der Waals surface area (Å²) in [5.74, 6) is 0.901. The van der Waals surface area contributed by atoms with Crippen LogP contribution in [0.2, 0.25) is 0 Å². The number of methoxy groups -OCH3 is 1. The third-order valence-electron chi connectivity index (χ3n) is 2.94. The second-order valence-electron chi connectivity index (χ2n) is 4.50. The summed E-state index contributed by atoms with van der Waals surface area (Å²) in [6.07, 6.45) is 4.57. The molecule has 1 rings (SSSR count). The minimum absolute atomic E-state index is 0.0253. The molecule has 20 heavy (non-hydrogen) atoms. The number of ether oxygens (including phenoxy) is 1. The van der Waals surface area contributed by atoms with Gasteiger partial charge in [0.05, 0.1) is 7.11 Å². The van der Waals surface area contributed by atoms with E-state index in [0.717, 1.165) is 29.8 Å². The number of aldehydes is 1. The third-order valence-corrected chi connectivity index (χ3v) is 3.76. The molecule has 4 heteroatoms. The molecule has 0 saturated heterocycles. The summed E-state index contributed by atoms with van der Waals surface area (Å²) in [5.41, 5.74) is 0. The lowest BCUT2D eigenvalue weighted by Gasteiger charge is -2.05. The zero-order valence-corrected chi connectivity index (χ0v) is 12.7. The van der Waals surface area contributed by atoms with Gasteiger partial charge in [-0.3, -0.25) is 4.79 Å². The highest BCUT2D eigenvalue weighted by atomic mass is 32.2. The number of carbonyl (C=O) groups excluding carboxylic acids is 2. The number of allylic oxidation sites excluding steroid dienone is 1. The molecule has 0 aliphatic carbocycles. The molecule has 0 fully saturated rings. The first kappa shape index (κ1) is 16.5. The summed E-state index contributed by atoms with van der Waals surface area (Å²) < 4.78 is 5.08. The Balaban J connectivity index is 2.38. The first-order valence-corrected chi connectivity index (χ1v) is 7.50. The van der Waals surface area contributed by atoms with E-state index in [4.69, 9.17) is 4.74 Å². The maximum Gasteiger partial charge on any atom is 0.159 e. The fourth-order valence-electron chi connectivity index (χ4n) is 1.65. The fraction of sp³-hybridized carbons (Fsp3) is 0.375. The Hall–Kier alpha value is -1.55. The monoisotopic (exact) mass is 292 g/mol. The first-order valence-electron chi connectivity index (χ1n) is 6.62. The Morgan fingerprint density at radius 2 is 2.05 bits per heavy atom. The van der Waals surface area contributed by atoms with Crippen LogP contribution in [0.25, 0.3) is 0 Å². The molecule has 0 aliphatic heterocycles. The van der Waals surface area contributed by atoms with Gasteiger partial charge in [-0.2, -0.15) is 0 Å². The summed E-state index contributed by atoms with van der Waals surface area (Å²) >= 11 is 1.50. The van der Waals surface area contributed by atoms with Crippen LogP contribution in [0.1, 0.15) is 26.2 Å². The predicted octanol–water partition coefficient (Wildman–Crippen LogP) is 3.88. The van der Waals surface area contributed by atoms with Gasteiger partial charge in [-0.05, 0) is 48.6 Å². The average molecular weight is 292 g/mol. The van der Waals surface area contributed by atoms with Gasteiger partial charge in [-0.25, -0.2) is 0 Å². The molecular weight excluding hydrogens is 272 g/mol. The Kier molecular flexibility index (Phi) is 7.73. The SMILES string of the molecule is COc1ccc(S/C=C/C(=O)C(C)CCCC=O)cc1. The number of rotatable bonds is 9. The summed E-state index contributed by atoms with van der Waals surface area (Å²) in [4.78, 5) is 23.1. The molecule has 1 aromatic rings. The van der Waals surface area contributed by atoms with Crippen molar-refractivity contribution in [3.8, 4) is 5.75 Å². The number of benzene rings is 1. The van der Waals surface area contributed by atoms with E-state index in [2.05, 4.69) is 0 Å². The number of ketones is 1. The smallest absolute Gasteiger partial charge is 0.159 e. The fourth-order valence-corrected chi connectivity index (χ4v) is 2.30. The minimum atomic E-state index is -0.0253. The van der Waals surface area contributed by atoms with Gasteiger partial charge in [-0.15, -0.1) is 0 Å². The molecule has 0 amide bonds. The molecule has 0 radical (unpaired) electrons. The van der Waals surface area contributed by atoms with E-state index in [-0.39, 0.29) is 11.7 Å². The van der Waals surface area contributed by atoms with Crippen molar-refractivity contribution in [2.75, 3.05) is 7.11 Å².